The van der Waals surface area contributed by atoms with Crippen molar-refractivity contribution in [3.63, 3.8) is 0 Å². The number of fused-ring (bicyclic) bond motifs is 2. The maximum absolute atomic E-state index is 13.1. The van der Waals surface area contributed by atoms with Crippen LogP contribution in [0.4, 0.5) is 0 Å². The highest BCUT2D eigenvalue weighted by atomic mass is 16.3. The standard InChI is InChI=1S/C25H29N3O3/c1-15-10-16(2)22-21(11-15)31-14-18(23(22)29)12-28-9-8-20-19(13-28)25(30)27-24(26-20)17-6-4-3-5-7-17/h10-11,14,17H,3-9,12-13H2,1-2H3,(H,26,27,30). The molecule has 1 aromatic carbocycles. The van der Waals surface area contributed by atoms with E-state index in [2.05, 4.69) is 9.88 Å². The predicted octanol–water partition coefficient (Wildman–Crippen LogP) is 4.10. The Kier molecular flexibility index (Phi) is 5.26. The van der Waals surface area contributed by atoms with E-state index in [0.29, 0.717) is 35.5 Å². The van der Waals surface area contributed by atoms with Gasteiger partial charge in [-0.15, -0.1) is 0 Å². The molecular formula is C25H29N3O3. The predicted molar refractivity (Wildman–Crippen MR) is 120 cm³/mol. The van der Waals surface area contributed by atoms with Gasteiger partial charge in [-0.05, 0) is 43.9 Å². The van der Waals surface area contributed by atoms with E-state index in [-0.39, 0.29) is 11.0 Å². The Morgan fingerprint density at radius 2 is 1.97 bits per heavy atom. The lowest BCUT2D eigenvalue weighted by Crippen LogP contribution is -2.37. The normalized spacial score (nSPS) is 17.7. The van der Waals surface area contributed by atoms with E-state index >= 15 is 0 Å². The van der Waals surface area contributed by atoms with Gasteiger partial charge in [0, 0.05) is 37.5 Å². The average molecular weight is 420 g/mol. The maximum Gasteiger partial charge on any atom is 0.255 e. The van der Waals surface area contributed by atoms with Crippen molar-refractivity contribution in [3.05, 3.63) is 72.7 Å². The van der Waals surface area contributed by atoms with Crippen molar-refractivity contribution < 1.29 is 4.42 Å². The molecule has 0 amide bonds. The van der Waals surface area contributed by atoms with E-state index in [1.807, 2.05) is 26.0 Å². The number of hydrogen-bond donors (Lipinski definition) is 1. The molecule has 2 aromatic heterocycles. The third kappa shape index (κ3) is 3.85. The number of aromatic nitrogens is 2. The summed E-state index contributed by atoms with van der Waals surface area (Å²) >= 11 is 0. The Balaban J connectivity index is 1.40. The SMILES string of the molecule is Cc1cc(C)c2c(=O)c(CN3CCc4nc(C5CCCCC5)[nH]c(=O)c4C3)coc2c1. The highest BCUT2D eigenvalue weighted by molar-refractivity contribution is 5.81. The maximum atomic E-state index is 13.1. The van der Waals surface area contributed by atoms with Gasteiger partial charge in [0.05, 0.1) is 22.9 Å². The van der Waals surface area contributed by atoms with Gasteiger partial charge in [0.2, 0.25) is 0 Å². The van der Waals surface area contributed by atoms with Crippen LogP contribution < -0.4 is 11.0 Å². The zero-order valence-electron chi connectivity index (χ0n) is 18.3. The van der Waals surface area contributed by atoms with E-state index in [9.17, 15) is 9.59 Å². The molecule has 6 heteroatoms. The first-order valence-electron chi connectivity index (χ1n) is 11.4. The fraction of sp³-hybridized carbons (Fsp3) is 0.480. The van der Waals surface area contributed by atoms with Gasteiger partial charge in [-0.25, -0.2) is 4.98 Å². The molecule has 0 spiro atoms. The second-order valence-corrected chi connectivity index (χ2v) is 9.22. The summed E-state index contributed by atoms with van der Waals surface area (Å²) in [5.74, 6) is 1.26. The summed E-state index contributed by atoms with van der Waals surface area (Å²) in [5, 5.41) is 0.650. The molecule has 0 bridgehead atoms. The minimum absolute atomic E-state index is 0.0178. The molecule has 1 aliphatic carbocycles. The number of H-pyrrole nitrogens is 1. The Morgan fingerprint density at radius 3 is 2.77 bits per heavy atom. The van der Waals surface area contributed by atoms with Crippen molar-refractivity contribution in [1.82, 2.24) is 14.9 Å². The van der Waals surface area contributed by atoms with Crippen LogP contribution in [-0.4, -0.2) is 21.4 Å². The molecule has 162 valence electrons. The van der Waals surface area contributed by atoms with Crippen molar-refractivity contribution in [2.45, 2.75) is 71.4 Å². The molecule has 3 aromatic rings. The molecule has 0 atom stereocenters. The Hall–Kier alpha value is -2.73. The lowest BCUT2D eigenvalue weighted by Gasteiger charge is -2.28. The van der Waals surface area contributed by atoms with Crippen molar-refractivity contribution in [2.75, 3.05) is 6.54 Å². The van der Waals surface area contributed by atoms with Crippen LogP contribution in [0.15, 0.2) is 32.4 Å². The minimum atomic E-state index is -0.0212. The number of hydrogen-bond acceptors (Lipinski definition) is 5. The van der Waals surface area contributed by atoms with Crippen LogP contribution in [0, 0.1) is 13.8 Å². The molecule has 31 heavy (non-hydrogen) atoms. The Bertz CT molecular complexity index is 1250. The number of nitrogens with zero attached hydrogens (tertiary/aromatic N) is 2. The molecule has 0 unspecified atom stereocenters. The molecule has 5 rings (SSSR count). The fourth-order valence-electron chi connectivity index (χ4n) is 5.22. The average Bonchev–Trinajstić information content (AvgIpc) is 2.76. The molecule has 1 saturated carbocycles. The highest BCUT2D eigenvalue weighted by Gasteiger charge is 2.25. The van der Waals surface area contributed by atoms with Gasteiger partial charge in [-0.3, -0.25) is 14.5 Å². The van der Waals surface area contributed by atoms with Crippen molar-refractivity contribution in [3.8, 4) is 0 Å². The highest BCUT2D eigenvalue weighted by Crippen LogP contribution is 2.31. The molecule has 3 heterocycles. The van der Waals surface area contributed by atoms with Crippen molar-refractivity contribution >= 4 is 11.0 Å². The zero-order chi connectivity index (χ0) is 21.5. The first-order valence-corrected chi connectivity index (χ1v) is 11.4. The van der Waals surface area contributed by atoms with E-state index in [1.54, 1.807) is 6.26 Å². The van der Waals surface area contributed by atoms with Crippen molar-refractivity contribution in [1.29, 1.82) is 0 Å². The molecule has 6 nitrogen and oxygen atoms in total. The van der Waals surface area contributed by atoms with Crippen molar-refractivity contribution in [2.24, 2.45) is 0 Å². The first kappa shape index (κ1) is 20.2. The molecule has 2 aliphatic rings. The van der Waals surface area contributed by atoms with Gasteiger partial charge in [0.15, 0.2) is 5.43 Å². The number of benzene rings is 1. The van der Waals surface area contributed by atoms with Gasteiger partial charge in [0.1, 0.15) is 11.4 Å². The monoisotopic (exact) mass is 419 g/mol. The largest absolute Gasteiger partial charge is 0.464 e. The lowest BCUT2D eigenvalue weighted by molar-refractivity contribution is 0.238. The van der Waals surface area contributed by atoms with Crippen LogP contribution in [0.3, 0.4) is 0 Å². The third-order valence-electron chi connectivity index (χ3n) is 6.84. The molecule has 0 radical (unpaired) electrons. The van der Waals surface area contributed by atoms with Gasteiger partial charge in [0.25, 0.3) is 5.56 Å². The smallest absolute Gasteiger partial charge is 0.255 e. The summed E-state index contributed by atoms with van der Waals surface area (Å²) in [6, 6.07) is 3.91. The second-order valence-electron chi connectivity index (χ2n) is 9.22. The van der Waals surface area contributed by atoms with Gasteiger partial charge >= 0.3 is 0 Å². The Labute approximate surface area is 181 Å². The molecule has 1 N–H and O–H groups in total. The van der Waals surface area contributed by atoms with Crippen LogP contribution in [-0.2, 0) is 19.5 Å². The van der Waals surface area contributed by atoms with Gasteiger partial charge < -0.3 is 9.40 Å². The molecular weight excluding hydrogens is 390 g/mol. The van der Waals surface area contributed by atoms with E-state index in [0.717, 1.165) is 54.0 Å². The number of aryl methyl sites for hydroxylation is 2. The first-order chi connectivity index (χ1) is 15.0. The topological polar surface area (TPSA) is 79.2 Å². The summed E-state index contributed by atoms with van der Waals surface area (Å²) in [6.07, 6.45) is 8.25. The van der Waals surface area contributed by atoms with E-state index < -0.39 is 0 Å². The Morgan fingerprint density at radius 1 is 1.16 bits per heavy atom. The summed E-state index contributed by atoms with van der Waals surface area (Å²) < 4.78 is 5.80. The van der Waals surface area contributed by atoms with E-state index in [4.69, 9.17) is 9.40 Å². The molecule has 1 fully saturated rings. The summed E-state index contributed by atoms with van der Waals surface area (Å²) in [7, 11) is 0. The third-order valence-corrected chi connectivity index (χ3v) is 6.84. The number of aromatic amines is 1. The minimum Gasteiger partial charge on any atom is -0.464 e. The molecule has 0 saturated heterocycles. The summed E-state index contributed by atoms with van der Waals surface area (Å²) in [4.78, 5) is 36.0. The lowest BCUT2D eigenvalue weighted by atomic mass is 9.88. The summed E-state index contributed by atoms with van der Waals surface area (Å²) in [5.41, 5.74) is 4.94. The van der Waals surface area contributed by atoms with Crippen LogP contribution >= 0.6 is 0 Å². The van der Waals surface area contributed by atoms with Crippen LogP contribution in [0.25, 0.3) is 11.0 Å². The zero-order valence-corrected chi connectivity index (χ0v) is 18.3. The quantitative estimate of drug-likeness (QED) is 0.691. The van der Waals surface area contributed by atoms with Gasteiger partial charge in [-0.2, -0.15) is 0 Å². The second kappa shape index (κ2) is 8.08. The van der Waals surface area contributed by atoms with Crippen LogP contribution in [0.2, 0.25) is 0 Å². The number of rotatable bonds is 3. The fourth-order valence-corrected chi connectivity index (χ4v) is 5.22. The van der Waals surface area contributed by atoms with Crippen LogP contribution in [0.1, 0.15) is 71.8 Å². The van der Waals surface area contributed by atoms with Crippen LogP contribution in [0.5, 0.6) is 0 Å². The summed E-state index contributed by atoms with van der Waals surface area (Å²) in [6.45, 7) is 5.69. The van der Waals surface area contributed by atoms with Gasteiger partial charge in [-0.1, -0.05) is 25.3 Å². The molecule has 1 aliphatic heterocycles. The van der Waals surface area contributed by atoms with E-state index in [1.165, 1.54) is 19.3 Å². The number of nitrogens with one attached hydrogen (secondary N) is 1.